The summed E-state index contributed by atoms with van der Waals surface area (Å²) in [4.78, 5) is 34.1. The fourth-order valence-electron chi connectivity index (χ4n) is 2.41. The Morgan fingerprint density at radius 2 is 2.00 bits per heavy atom. The van der Waals surface area contributed by atoms with Gasteiger partial charge in [-0.1, -0.05) is 6.07 Å². The van der Waals surface area contributed by atoms with Crippen molar-refractivity contribution in [2.24, 2.45) is 0 Å². The first-order chi connectivity index (χ1) is 13.2. The smallest absolute Gasteiger partial charge is 0.336 e. The second-order valence-corrected chi connectivity index (χ2v) is 5.97. The lowest BCUT2D eigenvalue weighted by Gasteiger charge is -2.13. The van der Waals surface area contributed by atoms with E-state index in [9.17, 15) is 19.7 Å². The Labute approximate surface area is 165 Å². The van der Waals surface area contributed by atoms with Crippen molar-refractivity contribution >= 4 is 40.6 Å². The fraction of sp³-hybridized carbons (Fsp3) is 0.167. The van der Waals surface area contributed by atoms with Gasteiger partial charge in [0.25, 0.3) is 5.91 Å². The van der Waals surface area contributed by atoms with Crippen LogP contribution < -0.4 is 15.4 Å². The number of rotatable bonds is 6. The Morgan fingerprint density at radius 1 is 1.29 bits per heavy atom. The van der Waals surface area contributed by atoms with E-state index in [1.165, 1.54) is 18.2 Å². The van der Waals surface area contributed by atoms with Gasteiger partial charge in [0, 0.05) is 17.3 Å². The van der Waals surface area contributed by atoms with Crippen molar-refractivity contribution in [3.8, 4) is 5.75 Å². The van der Waals surface area contributed by atoms with Crippen LogP contribution >= 0.6 is 12.2 Å². The van der Waals surface area contributed by atoms with Crippen LogP contribution in [0.4, 0.5) is 11.4 Å². The van der Waals surface area contributed by atoms with Gasteiger partial charge in [-0.25, -0.2) is 4.79 Å². The van der Waals surface area contributed by atoms with Crippen LogP contribution in [0.15, 0.2) is 36.4 Å². The summed E-state index contributed by atoms with van der Waals surface area (Å²) in [6, 6.07) is 8.42. The molecular weight excluding hydrogens is 386 g/mol. The third-order valence-electron chi connectivity index (χ3n) is 3.76. The number of anilines is 1. The second-order valence-electron chi connectivity index (χ2n) is 5.56. The van der Waals surface area contributed by atoms with Gasteiger partial charge < -0.3 is 15.2 Å². The molecule has 146 valence electrons. The number of nitro benzene ring substituents is 1. The topological polar surface area (TPSA) is 131 Å². The lowest BCUT2D eigenvalue weighted by Crippen LogP contribution is -2.34. The number of nitrogens with zero attached hydrogens (tertiary/aromatic N) is 1. The molecule has 0 aliphatic rings. The maximum atomic E-state index is 12.4. The molecule has 0 fully saturated rings. The zero-order chi connectivity index (χ0) is 20.8. The number of carboxylic acids is 1. The molecule has 0 aromatic heterocycles. The number of thiocarbonyl (C=S) groups is 1. The molecule has 0 saturated carbocycles. The average molecular weight is 403 g/mol. The zero-order valence-electron chi connectivity index (χ0n) is 15.0. The minimum Gasteiger partial charge on any atom is -0.487 e. The second kappa shape index (κ2) is 8.91. The van der Waals surface area contributed by atoms with Crippen molar-refractivity contribution in [2.45, 2.75) is 13.8 Å². The predicted octanol–water partition coefficient (Wildman–Crippen LogP) is 3.13. The highest BCUT2D eigenvalue weighted by Crippen LogP contribution is 2.28. The summed E-state index contributed by atoms with van der Waals surface area (Å²) in [5, 5.41) is 25.4. The minimum atomic E-state index is -1.09. The van der Waals surface area contributed by atoms with Crippen molar-refractivity contribution in [1.29, 1.82) is 0 Å². The minimum absolute atomic E-state index is 0.0234. The first kappa shape index (κ1) is 20.8. The van der Waals surface area contributed by atoms with E-state index in [1.807, 2.05) is 0 Å². The average Bonchev–Trinajstić information content (AvgIpc) is 2.63. The van der Waals surface area contributed by atoms with Gasteiger partial charge in [0.2, 0.25) is 0 Å². The van der Waals surface area contributed by atoms with Gasteiger partial charge in [-0.15, -0.1) is 0 Å². The summed E-state index contributed by atoms with van der Waals surface area (Å²) in [6.07, 6.45) is 0. The quantitative estimate of drug-likeness (QED) is 0.381. The standard InChI is InChI=1S/C18H17N3O6S/c1-3-27-15-8-7-11(9-14(15)21(25)26)16(22)20-18(28)19-13-6-4-5-12(10(13)2)17(23)24/h4-9H,3H2,1-2H3,(H,23,24)(H2,19,20,22,28). The number of amides is 1. The summed E-state index contributed by atoms with van der Waals surface area (Å²) in [7, 11) is 0. The van der Waals surface area contributed by atoms with Crippen LogP contribution in [0, 0.1) is 17.0 Å². The summed E-state index contributed by atoms with van der Waals surface area (Å²) >= 11 is 5.08. The van der Waals surface area contributed by atoms with Gasteiger partial charge in [0.05, 0.1) is 17.1 Å². The molecule has 2 rings (SSSR count). The molecule has 0 bridgehead atoms. The third kappa shape index (κ3) is 4.80. The van der Waals surface area contributed by atoms with E-state index >= 15 is 0 Å². The number of aromatic carboxylic acids is 1. The number of benzene rings is 2. The summed E-state index contributed by atoms with van der Waals surface area (Å²) in [5.41, 5.74) is 0.654. The summed E-state index contributed by atoms with van der Waals surface area (Å²) < 4.78 is 5.18. The number of carbonyl (C=O) groups is 2. The third-order valence-corrected chi connectivity index (χ3v) is 3.96. The van der Waals surface area contributed by atoms with E-state index in [4.69, 9.17) is 22.1 Å². The van der Waals surface area contributed by atoms with Crippen molar-refractivity contribution in [2.75, 3.05) is 11.9 Å². The Morgan fingerprint density at radius 3 is 2.61 bits per heavy atom. The van der Waals surface area contributed by atoms with E-state index < -0.39 is 16.8 Å². The van der Waals surface area contributed by atoms with Crippen LogP contribution in [0.2, 0.25) is 0 Å². The highest BCUT2D eigenvalue weighted by molar-refractivity contribution is 7.80. The van der Waals surface area contributed by atoms with Crippen LogP contribution in [-0.2, 0) is 0 Å². The molecule has 9 nitrogen and oxygen atoms in total. The number of nitro groups is 1. The number of carboxylic acid groups (broad SMARTS) is 1. The molecule has 0 spiro atoms. The Balaban J connectivity index is 2.16. The molecule has 0 saturated heterocycles. The van der Waals surface area contributed by atoms with Gasteiger partial charge in [0.1, 0.15) is 0 Å². The zero-order valence-corrected chi connectivity index (χ0v) is 15.8. The molecular formula is C18H17N3O6S. The predicted molar refractivity (Wildman–Crippen MR) is 106 cm³/mol. The van der Waals surface area contributed by atoms with Crippen molar-refractivity contribution in [3.05, 3.63) is 63.2 Å². The number of nitrogens with one attached hydrogen (secondary N) is 2. The maximum absolute atomic E-state index is 12.4. The highest BCUT2D eigenvalue weighted by Gasteiger charge is 2.19. The van der Waals surface area contributed by atoms with Crippen LogP contribution in [-0.4, -0.2) is 33.6 Å². The van der Waals surface area contributed by atoms with Gasteiger partial charge >= 0.3 is 11.7 Å². The summed E-state index contributed by atoms with van der Waals surface area (Å²) in [6.45, 7) is 3.54. The van der Waals surface area contributed by atoms with Crippen LogP contribution in [0.5, 0.6) is 5.75 Å². The number of carbonyl (C=O) groups excluding carboxylic acids is 1. The van der Waals surface area contributed by atoms with E-state index in [2.05, 4.69) is 10.6 Å². The molecule has 0 aliphatic carbocycles. The van der Waals surface area contributed by atoms with Crippen LogP contribution in [0.3, 0.4) is 0 Å². The monoisotopic (exact) mass is 403 g/mol. The molecule has 28 heavy (non-hydrogen) atoms. The van der Waals surface area contributed by atoms with Gasteiger partial charge in [-0.2, -0.15) is 0 Å². The molecule has 2 aromatic rings. The molecule has 10 heteroatoms. The first-order valence-electron chi connectivity index (χ1n) is 8.11. The van der Waals surface area contributed by atoms with Gasteiger partial charge in [0.15, 0.2) is 10.9 Å². The Kier molecular flexibility index (Phi) is 6.61. The summed E-state index contributed by atoms with van der Waals surface area (Å²) in [5.74, 6) is -1.68. The number of hydrogen-bond donors (Lipinski definition) is 3. The lowest BCUT2D eigenvalue weighted by molar-refractivity contribution is -0.385. The van der Waals surface area contributed by atoms with Crippen LogP contribution in [0.1, 0.15) is 33.2 Å². The normalized spacial score (nSPS) is 10.1. The Bertz CT molecular complexity index is 960. The maximum Gasteiger partial charge on any atom is 0.336 e. The largest absolute Gasteiger partial charge is 0.487 e. The molecule has 0 atom stereocenters. The lowest BCUT2D eigenvalue weighted by atomic mass is 10.1. The number of hydrogen-bond acceptors (Lipinski definition) is 6. The number of ether oxygens (including phenoxy) is 1. The highest BCUT2D eigenvalue weighted by atomic mass is 32.1. The van der Waals surface area contributed by atoms with Crippen molar-refractivity contribution in [3.63, 3.8) is 0 Å². The first-order valence-corrected chi connectivity index (χ1v) is 8.51. The molecule has 2 aromatic carbocycles. The molecule has 1 amide bonds. The SMILES string of the molecule is CCOc1ccc(C(=O)NC(=S)Nc2cccc(C(=O)O)c2C)cc1[N+](=O)[O-]. The van der Waals surface area contributed by atoms with E-state index in [1.54, 1.807) is 26.0 Å². The van der Waals surface area contributed by atoms with E-state index in [0.717, 1.165) is 6.07 Å². The molecule has 0 heterocycles. The molecule has 0 radical (unpaired) electrons. The van der Waals surface area contributed by atoms with Crippen molar-refractivity contribution < 1.29 is 24.4 Å². The molecule has 3 N–H and O–H groups in total. The van der Waals surface area contributed by atoms with Gasteiger partial charge in [-0.05, 0) is 55.9 Å². The van der Waals surface area contributed by atoms with E-state index in [-0.39, 0.29) is 34.3 Å². The molecule has 0 unspecified atom stereocenters. The van der Waals surface area contributed by atoms with Crippen molar-refractivity contribution in [1.82, 2.24) is 5.32 Å². The fourth-order valence-corrected chi connectivity index (χ4v) is 2.61. The van der Waals surface area contributed by atoms with E-state index in [0.29, 0.717) is 11.3 Å². The van der Waals surface area contributed by atoms with Crippen LogP contribution in [0.25, 0.3) is 0 Å². The molecule has 0 aliphatic heterocycles. The van der Waals surface area contributed by atoms with Gasteiger partial charge in [-0.3, -0.25) is 20.2 Å². The Hall–Kier alpha value is -3.53.